The summed E-state index contributed by atoms with van der Waals surface area (Å²) < 4.78 is 11.8. The van der Waals surface area contributed by atoms with Gasteiger partial charge in [-0.2, -0.15) is 0 Å². The predicted molar refractivity (Wildman–Crippen MR) is 124 cm³/mol. The van der Waals surface area contributed by atoms with Gasteiger partial charge in [0.05, 0.1) is 5.41 Å². The zero-order valence-corrected chi connectivity index (χ0v) is 21.3. The van der Waals surface area contributed by atoms with Gasteiger partial charge in [-0.3, -0.25) is 14.4 Å². The van der Waals surface area contributed by atoms with Gasteiger partial charge in [0.25, 0.3) is 0 Å². The third kappa shape index (κ3) is 7.19. The zero-order valence-electron chi connectivity index (χ0n) is 21.3. The van der Waals surface area contributed by atoms with Gasteiger partial charge in [0.2, 0.25) is 12.3 Å². The van der Waals surface area contributed by atoms with Crippen LogP contribution in [0, 0.1) is 16.7 Å². The summed E-state index contributed by atoms with van der Waals surface area (Å²) in [5.41, 5.74) is -0.852. The minimum atomic E-state index is -0.766. The number of nitrogens with zero attached hydrogens (tertiary/aromatic N) is 1. The highest BCUT2D eigenvalue weighted by molar-refractivity contribution is 5.84. The fraction of sp³-hybridized carbons (Fsp3) is 0.880. The number of hydrogen-bond donors (Lipinski definition) is 1. The van der Waals surface area contributed by atoms with E-state index < -0.39 is 29.3 Å². The normalized spacial score (nSPS) is 25.5. The maximum absolute atomic E-state index is 13.5. The van der Waals surface area contributed by atoms with Crippen molar-refractivity contribution in [2.24, 2.45) is 16.7 Å². The van der Waals surface area contributed by atoms with Crippen LogP contribution in [0.3, 0.4) is 0 Å². The monoisotopic (exact) mass is 452 g/mol. The second-order valence-corrected chi connectivity index (χ2v) is 12.3. The van der Waals surface area contributed by atoms with Crippen molar-refractivity contribution in [3.63, 3.8) is 0 Å². The smallest absolute Gasteiger partial charge is 0.311 e. The number of carbonyl (C=O) groups excluding carboxylic acids is 3. The molecule has 1 aliphatic carbocycles. The van der Waals surface area contributed by atoms with E-state index in [2.05, 4.69) is 19.2 Å². The van der Waals surface area contributed by atoms with E-state index >= 15 is 0 Å². The van der Waals surface area contributed by atoms with Crippen LogP contribution < -0.4 is 5.32 Å². The van der Waals surface area contributed by atoms with Gasteiger partial charge in [-0.05, 0) is 91.4 Å². The third-order valence-electron chi connectivity index (χ3n) is 6.44. The first-order valence-electron chi connectivity index (χ1n) is 12.0. The molecular formula is C25H44N2O5. The van der Waals surface area contributed by atoms with Crippen molar-refractivity contribution < 1.29 is 23.9 Å². The van der Waals surface area contributed by atoms with Gasteiger partial charge in [-0.15, -0.1) is 0 Å². The summed E-state index contributed by atoms with van der Waals surface area (Å²) >= 11 is 0. The Morgan fingerprint density at radius 2 is 1.69 bits per heavy atom. The second-order valence-electron chi connectivity index (χ2n) is 12.3. The van der Waals surface area contributed by atoms with Crippen molar-refractivity contribution >= 4 is 18.3 Å². The molecule has 0 spiro atoms. The van der Waals surface area contributed by atoms with Gasteiger partial charge in [0.1, 0.15) is 12.1 Å². The minimum Gasteiger partial charge on any atom is -0.457 e. The maximum atomic E-state index is 13.5. The molecule has 2 unspecified atom stereocenters. The number of rotatable bonds is 6. The molecule has 1 N–H and O–H groups in total. The molecule has 32 heavy (non-hydrogen) atoms. The summed E-state index contributed by atoms with van der Waals surface area (Å²) in [4.78, 5) is 40.0. The molecule has 0 aromatic carbocycles. The van der Waals surface area contributed by atoms with Crippen molar-refractivity contribution in [3.8, 4) is 0 Å². The van der Waals surface area contributed by atoms with Crippen LogP contribution in [0.15, 0.2) is 0 Å². The first kappa shape index (κ1) is 26.6. The quantitative estimate of drug-likeness (QED) is 0.486. The Balaban J connectivity index is 2.33. The molecule has 1 heterocycles. The average molecular weight is 453 g/mol. The van der Waals surface area contributed by atoms with E-state index in [1.165, 1.54) is 4.90 Å². The van der Waals surface area contributed by atoms with Crippen molar-refractivity contribution in [2.75, 3.05) is 6.61 Å². The minimum absolute atomic E-state index is 0.0278. The lowest BCUT2D eigenvalue weighted by Gasteiger charge is -2.45. The highest BCUT2D eigenvalue weighted by atomic mass is 16.6. The zero-order chi connectivity index (χ0) is 24.3. The summed E-state index contributed by atoms with van der Waals surface area (Å²) in [5, 5.41) is 3.07. The number of nitrogens with one attached hydrogen (secondary N) is 1. The first-order chi connectivity index (χ1) is 14.6. The first-order valence-corrected chi connectivity index (χ1v) is 12.0. The van der Waals surface area contributed by atoms with Gasteiger partial charge < -0.3 is 19.7 Å². The van der Waals surface area contributed by atoms with E-state index in [0.29, 0.717) is 19.4 Å². The summed E-state index contributed by atoms with van der Waals surface area (Å²) in [6, 6.07) is -0.665. The van der Waals surface area contributed by atoms with Crippen LogP contribution in [0.5, 0.6) is 0 Å². The molecule has 2 amide bonds. The summed E-state index contributed by atoms with van der Waals surface area (Å²) in [7, 11) is 0. The summed E-state index contributed by atoms with van der Waals surface area (Å²) in [5.74, 6) is -0.483. The number of ether oxygens (including phenoxy) is 2. The molecule has 0 bridgehead atoms. The standard InChI is InChI=1S/C25H44N2O5/c1-23(2,3)22(30)32-18-10-9-15-31-21(18)27(16-28)19(20(29)26-24(4,5)6)17-11-13-25(7,8)14-12-17/h16-19,21H,9-15H2,1-8H3,(H,26,29)/t18-,19?,21?/m0/s1. The number of carbonyl (C=O) groups is 3. The lowest BCUT2D eigenvalue weighted by Crippen LogP contribution is -2.61. The van der Waals surface area contributed by atoms with Gasteiger partial charge in [-0.25, -0.2) is 0 Å². The molecule has 2 rings (SSSR count). The molecule has 7 nitrogen and oxygen atoms in total. The van der Waals surface area contributed by atoms with Crippen LogP contribution in [0.25, 0.3) is 0 Å². The number of hydrogen-bond acceptors (Lipinski definition) is 5. The molecule has 0 aromatic rings. The van der Waals surface area contributed by atoms with Crippen LogP contribution in [-0.4, -0.2) is 53.7 Å². The molecule has 184 valence electrons. The molecule has 1 saturated heterocycles. The summed E-state index contributed by atoms with van der Waals surface area (Å²) in [6.07, 6.45) is 4.40. The van der Waals surface area contributed by atoms with Crippen LogP contribution in [-0.2, 0) is 23.9 Å². The fourth-order valence-electron chi connectivity index (χ4n) is 4.51. The van der Waals surface area contributed by atoms with E-state index in [1.807, 2.05) is 20.8 Å². The molecule has 0 aromatic heterocycles. The molecule has 1 aliphatic heterocycles. The Morgan fingerprint density at radius 1 is 1.09 bits per heavy atom. The van der Waals surface area contributed by atoms with Gasteiger partial charge in [-0.1, -0.05) is 13.8 Å². The average Bonchev–Trinajstić information content (AvgIpc) is 2.65. The molecule has 1 saturated carbocycles. The van der Waals surface area contributed by atoms with E-state index in [0.717, 1.165) is 32.1 Å². The predicted octanol–water partition coefficient (Wildman–Crippen LogP) is 4.04. The van der Waals surface area contributed by atoms with E-state index in [-0.39, 0.29) is 23.2 Å². The van der Waals surface area contributed by atoms with Crippen LogP contribution in [0.4, 0.5) is 0 Å². The van der Waals surface area contributed by atoms with Crippen molar-refractivity contribution in [3.05, 3.63) is 0 Å². The van der Waals surface area contributed by atoms with E-state index in [9.17, 15) is 14.4 Å². The molecule has 7 heteroatoms. The summed E-state index contributed by atoms with van der Waals surface area (Å²) in [6.45, 7) is 16.2. The lowest BCUT2D eigenvalue weighted by atomic mass is 9.70. The third-order valence-corrected chi connectivity index (χ3v) is 6.44. The highest BCUT2D eigenvalue weighted by Crippen LogP contribution is 2.41. The largest absolute Gasteiger partial charge is 0.457 e. The van der Waals surface area contributed by atoms with Crippen molar-refractivity contribution in [1.29, 1.82) is 0 Å². The highest BCUT2D eigenvalue weighted by Gasteiger charge is 2.45. The Kier molecular flexibility index (Phi) is 8.41. The Bertz CT molecular complexity index is 667. The fourth-order valence-corrected chi connectivity index (χ4v) is 4.51. The molecule has 3 atom stereocenters. The SMILES string of the molecule is CC1(C)CCC(C(C(=O)NC(C)(C)C)N(C=O)C2OCCC[C@@H]2OC(=O)C(C)(C)C)CC1. The van der Waals surface area contributed by atoms with Gasteiger partial charge in [0.15, 0.2) is 6.23 Å². The second kappa shape index (κ2) is 10.1. The Labute approximate surface area is 194 Å². The number of esters is 1. The van der Waals surface area contributed by atoms with Crippen LogP contribution in [0.1, 0.15) is 93.9 Å². The maximum Gasteiger partial charge on any atom is 0.311 e. The van der Waals surface area contributed by atoms with E-state index in [1.54, 1.807) is 20.8 Å². The van der Waals surface area contributed by atoms with Crippen molar-refractivity contribution in [1.82, 2.24) is 10.2 Å². The van der Waals surface area contributed by atoms with Crippen LogP contribution >= 0.6 is 0 Å². The van der Waals surface area contributed by atoms with E-state index in [4.69, 9.17) is 9.47 Å². The lowest BCUT2D eigenvalue weighted by molar-refractivity contribution is -0.200. The molecule has 2 aliphatic rings. The number of amides is 2. The molecular weight excluding hydrogens is 408 g/mol. The van der Waals surface area contributed by atoms with Gasteiger partial charge in [0, 0.05) is 12.1 Å². The molecule has 2 fully saturated rings. The van der Waals surface area contributed by atoms with Gasteiger partial charge >= 0.3 is 5.97 Å². The Morgan fingerprint density at radius 3 is 2.19 bits per heavy atom. The molecule has 0 radical (unpaired) electrons. The topological polar surface area (TPSA) is 84.9 Å². The van der Waals surface area contributed by atoms with Crippen molar-refractivity contribution in [2.45, 2.75) is 118 Å². The van der Waals surface area contributed by atoms with Crippen LogP contribution in [0.2, 0.25) is 0 Å². The Hall–Kier alpha value is -1.63.